The van der Waals surface area contributed by atoms with Crippen LogP contribution in [0.5, 0.6) is 5.75 Å². The van der Waals surface area contributed by atoms with Crippen molar-refractivity contribution in [1.29, 1.82) is 0 Å². The molecule has 0 aliphatic heterocycles. The molecule has 1 unspecified atom stereocenters. The van der Waals surface area contributed by atoms with E-state index in [2.05, 4.69) is 33.7 Å². The highest BCUT2D eigenvalue weighted by molar-refractivity contribution is 8.00. The Kier molecular flexibility index (Phi) is 6.29. The molecule has 0 saturated carbocycles. The lowest BCUT2D eigenvalue weighted by Crippen LogP contribution is -2.24. The van der Waals surface area contributed by atoms with Gasteiger partial charge >= 0.3 is 0 Å². The minimum absolute atomic E-state index is 0.315. The molecular formula is C14H19N3OS2. The summed E-state index contributed by atoms with van der Waals surface area (Å²) in [6.07, 6.45) is 2.73. The average Bonchev–Trinajstić information content (AvgIpc) is 3.01. The Morgan fingerprint density at radius 2 is 2.15 bits per heavy atom. The van der Waals surface area contributed by atoms with Crippen molar-refractivity contribution in [2.75, 3.05) is 19.4 Å². The lowest BCUT2D eigenvalue weighted by atomic mass is 10.1. The molecule has 4 nitrogen and oxygen atoms in total. The number of methoxy groups -OCH3 is 1. The Labute approximate surface area is 128 Å². The van der Waals surface area contributed by atoms with Crippen LogP contribution in [-0.2, 0) is 0 Å². The Bertz CT molecular complexity index is 488. The Morgan fingerprint density at radius 3 is 2.75 bits per heavy atom. The largest absolute Gasteiger partial charge is 0.497 e. The van der Waals surface area contributed by atoms with Crippen LogP contribution in [0, 0.1) is 0 Å². The maximum absolute atomic E-state index is 5.21. The monoisotopic (exact) mass is 309 g/mol. The van der Waals surface area contributed by atoms with E-state index >= 15 is 0 Å². The third-order valence-corrected chi connectivity index (χ3v) is 4.76. The van der Waals surface area contributed by atoms with Gasteiger partial charge in [0.25, 0.3) is 0 Å². The summed E-state index contributed by atoms with van der Waals surface area (Å²) >= 11 is 3.19. The molecule has 0 aliphatic rings. The summed E-state index contributed by atoms with van der Waals surface area (Å²) in [5.41, 5.74) is 1.27. The number of rotatable bonds is 8. The molecule has 20 heavy (non-hydrogen) atoms. The van der Waals surface area contributed by atoms with E-state index in [0.717, 1.165) is 28.8 Å². The first kappa shape index (κ1) is 15.3. The van der Waals surface area contributed by atoms with E-state index in [1.54, 1.807) is 25.2 Å². The highest BCUT2D eigenvalue weighted by Crippen LogP contribution is 2.26. The zero-order chi connectivity index (χ0) is 14.2. The fourth-order valence-corrected chi connectivity index (χ4v) is 3.37. The molecule has 0 spiro atoms. The van der Waals surface area contributed by atoms with E-state index in [1.807, 2.05) is 12.1 Å². The van der Waals surface area contributed by atoms with Gasteiger partial charge in [-0.3, -0.25) is 0 Å². The normalized spacial score (nSPS) is 12.3. The van der Waals surface area contributed by atoms with Gasteiger partial charge in [-0.2, -0.15) is 4.37 Å². The topological polar surface area (TPSA) is 47.0 Å². The number of ether oxygens (including phenoxy) is 1. The number of thioether (sulfide) groups is 1. The van der Waals surface area contributed by atoms with Gasteiger partial charge in [0.15, 0.2) is 4.34 Å². The molecule has 0 amide bonds. The molecule has 0 bridgehead atoms. The molecule has 2 rings (SSSR count). The van der Waals surface area contributed by atoms with Gasteiger partial charge in [-0.25, -0.2) is 4.98 Å². The van der Waals surface area contributed by atoms with E-state index in [4.69, 9.17) is 4.74 Å². The maximum atomic E-state index is 5.21. The number of nitrogens with one attached hydrogen (secondary N) is 1. The lowest BCUT2D eigenvalue weighted by Gasteiger charge is -2.18. The Morgan fingerprint density at radius 1 is 1.35 bits per heavy atom. The van der Waals surface area contributed by atoms with E-state index in [9.17, 15) is 0 Å². The first-order chi connectivity index (χ1) is 9.83. The number of hydrogen-bond acceptors (Lipinski definition) is 6. The Hall–Kier alpha value is -1.11. The van der Waals surface area contributed by atoms with Crippen molar-refractivity contribution in [3.8, 4) is 5.75 Å². The van der Waals surface area contributed by atoms with Crippen LogP contribution in [0.2, 0.25) is 0 Å². The summed E-state index contributed by atoms with van der Waals surface area (Å²) in [7, 11) is 1.69. The van der Waals surface area contributed by atoms with Crippen LogP contribution in [0.25, 0.3) is 0 Å². The summed E-state index contributed by atoms with van der Waals surface area (Å²) in [6, 6.07) is 8.56. The van der Waals surface area contributed by atoms with Gasteiger partial charge in [-0.1, -0.05) is 30.8 Å². The van der Waals surface area contributed by atoms with Gasteiger partial charge in [0.05, 0.1) is 7.11 Å². The quantitative estimate of drug-likeness (QED) is 0.758. The van der Waals surface area contributed by atoms with Crippen molar-refractivity contribution in [3.05, 3.63) is 36.2 Å². The zero-order valence-corrected chi connectivity index (χ0v) is 13.3. The molecule has 6 heteroatoms. The van der Waals surface area contributed by atoms with Crippen molar-refractivity contribution >= 4 is 23.3 Å². The molecule has 1 N–H and O–H groups in total. The van der Waals surface area contributed by atoms with Crippen LogP contribution in [0.3, 0.4) is 0 Å². The molecule has 1 heterocycles. The standard InChI is InChI=1S/C14H19N3OS2/c1-3-8-15-13(9-19-14-16-10-17-20-14)11-4-6-12(18-2)7-5-11/h4-7,10,13,15H,3,8-9H2,1-2H3. The fourth-order valence-electron chi connectivity index (χ4n) is 1.81. The molecule has 0 saturated heterocycles. The summed E-state index contributed by atoms with van der Waals surface area (Å²) in [6.45, 7) is 3.18. The second-order valence-corrected chi connectivity index (χ2v) is 6.35. The van der Waals surface area contributed by atoms with Crippen LogP contribution in [0.1, 0.15) is 24.9 Å². The van der Waals surface area contributed by atoms with Gasteiger partial charge in [0, 0.05) is 11.8 Å². The first-order valence-corrected chi connectivity index (χ1v) is 8.36. The molecule has 0 fully saturated rings. The average molecular weight is 309 g/mol. The molecule has 0 aliphatic carbocycles. The van der Waals surface area contributed by atoms with Gasteiger partial charge in [0.2, 0.25) is 0 Å². The highest BCUT2D eigenvalue weighted by atomic mass is 32.2. The van der Waals surface area contributed by atoms with Gasteiger partial charge < -0.3 is 10.1 Å². The maximum Gasteiger partial charge on any atom is 0.169 e. The van der Waals surface area contributed by atoms with Crippen molar-refractivity contribution in [2.24, 2.45) is 0 Å². The van der Waals surface area contributed by atoms with Gasteiger partial charge in [-0.05, 0) is 42.2 Å². The van der Waals surface area contributed by atoms with Crippen LogP contribution in [0.4, 0.5) is 0 Å². The molecule has 1 aromatic heterocycles. The summed E-state index contributed by atoms with van der Waals surface area (Å²) in [5, 5.41) is 3.58. The predicted molar refractivity (Wildman–Crippen MR) is 84.7 cm³/mol. The van der Waals surface area contributed by atoms with Crippen molar-refractivity contribution < 1.29 is 4.74 Å². The van der Waals surface area contributed by atoms with Crippen LogP contribution in [-0.4, -0.2) is 28.8 Å². The second-order valence-electron chi connectivity index (χ2n) is 4.30. The van der Waals surface area contributed by atoms with E-state index in [1.165, 1.54) is 17.1 Å². The summed E-state index contributed by atoms with van der Waals surface area (Å²) in [5.74, 6) is 1.83. The molecule has 1 aromatic carbocycles. The van der Waals surface area contributed by atoms with Gasteiger partial charge in [0.1, 0.15) is 12.1 Å². The van der Waals surface area contributed by atoms with E-state index in [-0.39, 0.29) is 0 Å². The molecule has 1 atom stereocenters. The number of nitrogens with zero attached hydrogens (tertiary/aromatic N) is 2. The van der Waals surface area contributed by atoms with Crippen molar-refractivity contribution in [1.82, 2.24) is 14.7 Å². The summed E-state index contributed by atoms with van der Waals surface area (Å²) in [4.78, 5) is 4.21. The number of benzene rings is 1. The molecule has 2 aromatic rings. The highest BCUT2D eigenvalue weighted by Gasteiger charge is 2.12. The smallest absolute Gasteiger partial charge is 0.169 e. The van der Waals surface area contributed by atoms with E-state index in [0.29, 0.717) is 6.04 Å². The lowest BCUT2D eigenvalue weighted by molar-refractivity contribution is 0.414. The predicted octanol–water partition coefficient (Wildman–Crippen LogP) is 3.38. The SMILES string of the molecule is CCCNC(CSc1ncns1)c1ccc(OC)cc1. The van der Waals surface area contributed by atoms with Crippen molar-refractivity contribution in [3.63, 3.8) is 0 Å². The Balaban J connectivity index is 2.01. The van der Waals surface area contributed by atoms with Crippen LogP contribution in [0.15, 0.2) is 34.9 Å². The van der Waals surface area contributed by atoms with Gasteiger partial charge in [-0.15, -0.1) is 0 Å². The first-order valence-electron chi connectivity index (χ1n) is 6.60. The minimum Gasteiger partial charge on any atom is -0.497 e. The fraction of sp³-hybridized carbons (Fsp3) is 0.429. The third kappa shape index (κ3) is 4.47. The zero-order valence-electron chi connectivity index (χ0n) is 11.7. The van der Waals surface area contributed by atoms with Crippen LogP contribution >= 0.6 is 23.3 Å². The van der Waals surface area contributed by atoms with Crippen LogP contribution < -0.4 is 10.1 Å². The third-order valence-electron chi connectivity index (χ3n) is 2.87. The minimum atomic E-state index is 0.315. The second kappa shape index (κ2) is 8.24. The number of hydrogen-bond donors (Lipinski definition) is 1. The number of aromatic nitrogens is 2. The molecule has 0 radical (unpaired) electrons. The van der Waals surface area contributed by atoms with Crippen molar-refractivity contribution in [2.45, 2.75) is 23.7 Å². The molecular weight excluding hydrogens is 290 g/mol. The molecule has 108 valence electrons. The van der Waals surface area contributed by atoms with E-state index < -0.39 is 0 Å². The summed E-state index contributed by atoms with van der Waals surface area (Å²) < 4.78 is 10.3.